The molecule has 0 amide bonds. The van der Waals surface area contributed by atoms with Gasteiger partial charge in [0.1, 0.15) is 5.75 Å². The minimum absolute atomic E-state index is 0.262. The summed E-state index contributed by atoms with van der Waals surface area (Å²) in [6, 6.07) is 3.57. The molecule has 88 valence electrons. The van der Waals surface area contributed by atoms with Crippen LogP contribution in [0.1, 0.15) is 15.9 Å². The number of Topliss-reactive ketones (excluding diaryl/α,β-unsaturated/α-hetero) is 1. The number of H-pyrrole nitrogens is 1. The van der Waals surface area contributed by atoms with Crippen LogP contribution >= 0.6 is 11.6 Å². The number of ether oxygens (including phenoxy) is 1. The van der Waals surface area contributed by atoms with Gasteiger partial charge in [-0.25, -0.2) is 0 Å². The zero-order valence-corrected chi connectivity index (χ0v) is 10.1. The van der Waals surface area contributed by atoms with E-state index in [1.54, 1.807) is 13.2 Å². The molecule has 0 spiro atoms. The van der Waals surface area contributed by atoms with Gasteiger partial charge in [0, 0.05) is 17.1 Å². The Labute approximate surface area is 103 Å². The predicted octanol–water partition coefficient (Wildman–Crippen LogP) is 2.43. The predicted molar refractivity (Wildman–Crippen MR) is 64.8 cm³/mol. The Morgan fingerprint density at radius 1 is 1.35 bits per heavy atom. The number of aromatic amines is 1. The lowest BCUT2D eigenvalue weighted by Crippen LogP contribution is -2.06. The summed E-state index contributed by atoms with van der Waals surface area (Å²) in [5.74, 6) is -0.0583. The number of aromatic nitrogens is 1. The molecule has 1 N–H and O–H groups in total. The van der Waals surface area contributed by atoms with Crippen LogP contribution < -0.4 is 4.74 Å². The Hall–Kier alpha value is -1.81. The second-order valence-electron chi connectivity index (χ2n) is 3.67. The van der Waals surface area contributed by atoms with Crippen LogP contribution in [0, 0.1) is 6.92 Å². The highest BCUT2D eigenvalue weighted by atomic mass is 35.5. The van der Waals surface area contributed by atoms with E-state index in [4.69, 9.17) is 16.3 Å². The fourth-order valence-corrected chi connectivity index (χ4v) is 1.87. The van der Waals surface area contributed by atoms with Gasteiger partial charge in [-0.3, -0.25) is 9.59 Å². The lowest BCUT2D eigenvalue weighted by Gasteiger charge is -2.04. The molecule has 2 aromatic rings. The molecule has 5 heteroatoms. The van der Waals surface area contributed by atoms with Crippen molar-refractivity contribution in [2.45, 2.75) is 6.92 Å². The SMILES string of the molecule is COc1cc2c(C(=O)C(=O)Cl)c[nH]c2cc1C. The van der Waals surface area contributed by atoms with E-state index in [0.717, 1.165) is 11.1 Å². The van der Waals surface area contributed by atoms with Crippen molar-refractivity contribution < 1.29 is 14.3 Å². The van der Waals surface area contributed by atoms with Gasteiger partial charge in [0.15, 0.2) is 0 Å². The van der Waals surface area contributed by atoms with Crippen molar-refractivity contribution in [2.75, 3.05) is 7.11 Å². The number of fused-ring (bicyclic) bond motifs is 1. The van der Waals surface area contributed by atoms with Crippen LogP contribution in [0.15, 0.2) is 18.3 Å². The Balaban J connectivity index is 2.67. The number of nitrogens with one attached hydrogen (secondary N) is 1. The number of hydrogen-bond acceptors (Lipinski definition) is 3. The third-order valence-corrected chi connectivity index (χ3v) is 2.79. The number of rotatable bonds is 3. The molecule has 0 unspecified atom stereocenters. The fraction of sp³-hybridized carbons (Fsp3) is 0.167. The highest BCUT2D eigenvalue weighted by Gasteiger charge is 2.18. The molecule has 0 aliphatic rings. The second kappa shape index (κ2) is 4.22. The van der Waals surface area contributed by atoms with Gasteiger partial charge in [0.05, 0.1) is 12.7 Å². The summed E-state index contributed by atoms with van der Waals surface area (Å²) in [5.41, 5.74) is 1.97. The molecule has 0 saturated carbocycles. The topological polar surface area (TPSA) is 59.2 Å². The van der Waals surface area contributed by atoms with Crippen LogP contribution in [0.4, 0.5) is 0 Å². The molecule has 1 aromatic carbocycles. The molecule has 0 aliphatic carbocycles. The van der Waals surface area contributed by atoms with Gasteiger partial charge in [0.2, 0.25) is 5.78 Å². The van der Waals surface area contributed by atoms with Crippen molar-refractivity contribution in [1.29, 1.82) is 0 Å². The highest BCUT2D eigenvalue weighted by Crippen LogP contribution is 2.27. The summed E-state index contributed by atoms with van der Waals surface area (Å²) in [6.07, 6.45) is 1.48. The molecule has 0 radical (unpaired) electrons. The third-order valence-electron chi connectivity index (χ3n) is 2.62. The van der Waals surface area contributed by atoms with Gasteiger partial charge >= 0.3 is 0 Å². The molecule has 0 aliphatic heterocycles. The molecule has 17 heavy (non-hydrogen) atoms. The molecular weight excluding hydrogens is 242 g/mol. The van der Waals surface area contributed by atoms with Crippen LogP contribution in [0.25, 0.3) is 10.9 Å². The lowest BCUT2D eigenvalue weighted by molar-refractivity contribution is -0.108. The first-order chi connectivity index (χ1) is 8.04. The summed E-state index contributed by atoms with van der Waals surface area (Å²) in [5, 5.41) is -0.364. The number of carbonyl (C=O) groups is 2. The molecule has 1 heterocycles. The van der Waals surface area contributed by atoms with E-state index < -0.39 is 11.0 Å². The Morgan fingerprint density at radius 2 is 2.06 bits per heavy atom. The average molecular weight is 252 g/mol. The first kappa shape index (κ1) is 11.7. The van der Waals surface area contributed by atoms with E-state index in [2.05, 4.69) is 4.98 Å². The van der Waals surface area contributed by atoms with E-state index in [-0.39, 0.29) is 5.56 Å². The normalized spacial score (nSPS) is 10.5. The number of aryl methyl sites for hydroxylation is 1. The Morgan fingerprint density at radius 3 is 2.65 bits per heavy atom. The summed E-state index contributed by atoms with van der Waals surface area (Å²) in [6.45, 7) is 1.90. The summed E-state index contributed by atoms with van der Waals surface area (Å²) in [7, 11) is 1.55. The molecule has 0 atom stereocenters. The summed E-state index contributed by atoms with van der Waals surface area (Å²) in [4.78, 5) is 25.4. The van der Waals surface area contributed by atoms with E-state index in [1.165, 1.54) is 6.20 Å². The van der Waals surface area contributed by atoms with Gasteiger partial charge in [-0.1, -0.05) is 0 Å². The zero-order chi connectivity index (χ0) is 12.6. The van der Waals surface area contributed by atoms with E-state index >= 15 is 0 Å². The molecule has 1 aromatic heterocycles. The number of carbonyl (C=O) groups excluding carboxylic acids is 2. The molecule has 0 fully saturated rings. The molecule has 4 nitrogen and oxygen atoms in total. The van der Waals surface area contributed by atoms with Gasteiger partial charge in [-0.2, -0.15) is 0 Å². The van der Waals surface area contributed by atoms with Gasteiger partial charge in [0.25, 0.3) is 5.24 Å². The Bertz CT molecular complexity index is 615. The zero-order valence-electron chi connectivity index (χ0n) is 9.33. The molecular formula is C12H10ClNO3. The van der Waals surface area contributed by atoms with Crippen molar-refractivity contribution in [3.05, 3.63) is 29.5 Å². The number of halogens is 1. The van der Waals surface area contributed by atoms with Gasteiger partial charge in [-0.05, 0) is 36.2 Å². The third kappa shape index (κ3) is 1.91. The van der Waals surface area contributed by atoms with Crippen LogP contribution in [0.3, 0.4) is 0 Å². The van der Waals surface area contributed by atoms with Gasteiger partial charge < -0.3 is 9.72 Å². The average Bonchev–Trinajstić information content (AvgIpc) is 2.69. The van der Waals surface area contributed by atoms with Crippen LogP contribution in [-0.4, -0.2) is 23.1 Å². The number of methoxy groups -OCH3 is 1. The quantitative estimate of drug-likeness (QED) is 0.518. The molecule has 2 rings (SSSR count). The number of benzene rings is 1. The maximum absolute atomic E-state index is 11.6. The van der Waals surface area contributed by atoms with Crippen molar-refractivity contribution in [1.82, 2.24) is 4.98 Å². The van der Waals surface area contributed by atoms with Crippen LogP contribution in [0.2, 0.25) is 0 Å². The highest BCUT2D eigenvalue weighted by molar-refractivity contribution is 6.83. The number of ketones is 1. The standard InChI is InChI=1S/C12H10ClNO3/c1-6-3-9-7(4-10(6)17-2)8(5-14-9)11(15)12(13)16/h3-5,14H,1-2H3. The van der Waals surface area contributed by atoms with Crippen molar-refractivity contribution in [3.8, 4) is 5.75 Å². The van der Waals surface area contributed by atoms with Crippen molar-refractivity contribution in [3.63, 3.8) is 0 Å². The van der Waals surface area contributed by atoms with Crippen LogP contribution in [0.5, 0.6) is 5.75 Å². The summed E-state index contributed by atoms with van der Waals surface area (Å²) >= 11 is 5.19. The number of hydrogen-bond donors (Lipinski definition) is 1. The maximum atomic E-state index is 11.6. The molecule has 0 saturated heterocycles. The Kier molecular flexibility index (Phi) is 2.90. The van der Waals surface area contributed by atoms with E-state index in [9.17, 15) is 9.59 Å². The van der Waals surface area contributed by atoms with Crippen molar-refractivity contribution >= 4 is 33.5 Å². The first-order valence-corrected chi connectivity index (χ1v) is 5.32. The lowest BCUT2D eigenvalue weighted by atomic mass is 10.1. The summed E-state index contributed by atoms with van der Waals surface area (Å²) < 4.78 is 5.17. The smallest absolute Gasteiger partial charge is 0.293 e. The second-order valence-corrected chi connectivity index (χ2v) is 4.02. The van der Waals surface area contributed by atoms with Crippen molar-refractivity contribution in [2.24, 2.45) is 0 Å². The van der Waals surface area contributed by atoms with E-state index in [0.29, 0.717) is 11.1 Å². The maximum Gasteiger partial charge on any atom is 0.293 e. The minimum Gasteiger partial charge on any atom is -0.496 e. The van der Waals surface area contributed by atoms with Gasteiger partial charge in [-0.15, -0.1) is 0 Å². The van der Waals surface area contributed by atoms with Crippen LogP contribution in [-0.2, 0) is 4.79 Å². The molecule has 0 bridgehead atoms. The monoisotopic (exact) mass is 251 g/mol. The first-order valence-electron chi connectivity index (χ1n) is 4.94. The fourth-order valence-electron chi connectivity index (χ4n) is 1.77. The largest absolute Gasteiger partial charge is 0.496 e. The van der Waals surface area contributed by atoms with E-state index in [1.807, 2.05) is 13.0 Å². The minimum atomic E-state index is -0.995.